The van der Waals surface area contributed by atoms with Gasteiger partial charge in [-0.15, -0.1) is 0 Å². The Balaban J connectivity index is 1.84. The molecule has 0 aromatic heterocycles. The van der Waals surface area contributed by atoms with Gasteiger partial charge in [0.2, 0.25) is 21.8 Å². The standard InChI is InChI=1S/C24H26BrN3O4S/c1-17(24(30)26-2)28(15-18-8-11-21(25)12-9-18)23(29)16-27(3)33(31,32)22-13-10-19-6-4-5-7-20(19)14-22/h4-14,17H,15-16H2,1-3H3,(H,26,30)/t17-/m1/s1. The number of hydrogen-bond donors (Lipinski definition) is 1. The first kappa shape index (κ1) is 24.9. The lowest BCUT2D eigenvalue weighted by molar-refractivity contribution is -0.140. The van der Waals surface area contributed by atoms with Crippen LogP contribution >= 0.6 is 15.9 Å². The summed E-state index contributed by atoms with van der Waals surface area (Å²) in [6, 6.07) is 18.9. The number of hydrogen-bond acceptors (Lipinski definition) is 4. The number of carbonyl (C=O) groups is 2. The number of sulfonamides is 1. The van der Waals surface area contributed by atoms with Crippen LogP contribution in [0.1, 0.15) is 12.5 Å². The van der Waals surface area contributed by atoms with Gasteiger partial charge in [-0.1, -0.05) is 58.4 Å². The minimum atomic E-state index is -3.91. The Morgan fingerprint density at radius 1 is 1.00 bits per heavy atom. The van der Waals surface area contributed by atoms with Gasteiger partial charge in [0.25, 0.3) is 0 Å². The van der Waals surface area contributed by atoms with E-state index in [2.05, 4.69) is 21.2 Å². The zero-order valence-corrected chi connectivity index (χ0v) is 21.1. The van der Waals surface area contributed by atoms with Gasteiger partial charge in [0.1, 0.15) is 6.04 Å². The highest BCUT2D eigenvalue weighted by atomic mass is 79.9. The van der Waals surface area contributed by atoms with E-state index in [1.54, 1.807) is 19.1 Å². The second kappa shape index (κ2) is 10.5. The van der Waals surface area contributed by atoms with Crippen molar-refractivity contribution in [1.29, 1.82) is 0 Å². The van der Waals surface area contributed by atoms with Crippen LogP contribution < -0.4 is 5.32 Å². The summed E-state index contributed by atoms with van der Waals surface area (Å²) in [5.74, 6) is -0.804. The molecular weight excluding hydrogens is 506 g/mol. The summed E-state index contributed by atoms with van der Waals surface area (Å²) in [6.07, 6.45) is 0. The molecule has 0 fully saturated rings. The van der Waals surface area contributed by atoms with Crippen LogP contribution in [-0.4, -0.2) is 56.1 Å². The molecule has 0 aliphatic rings. The maximum Gasteiger partial charge on any atom is 0.243 e. The third kappa shape index (κ3) is 5.79. The predicted molar refractivity (Wildman–Crippen MR) is 132 cm³/mol. The number of rotatable bonds is 8. The van der Waals surface area contributed by atoms with E-state index in [0.29, 0.717) is 0 Å². The van der Waals surface area contributed by atoms with Crippen LogP contribution in [0, 0.1) is 0 Å². The number of likely N-dealkylation sites (N-methyl/N-ethyl adjacent to an activating group) is 2. The molecule has 1 atom stereocenters. The Bertz CT molecular complexity index is 1260. The van der Waals surface area contributed by atoms with E-state index in [9.17, 15) is 18.0 Å². The summed E-state index contributed by atoms with van der Waals surface area (Å²) in [4.78, 5) is 27.0. The summed E-state index contributed by atoms with van der Waals surface area (Å²) >= 11 is 3.38. The monoisotopic (exact) mass is 531 g/mol. The van der Waals surface area contributed by atoms with Crippen molar-refractivity contribution < 1.29 is 18.0 Å². The molecule has 1 N–H and O–H groups in total. The number of carbonyl (C=O) groups excluding carboxylic acids is 2. The van der Waals surface area contributed by atoms with Crippen molar-refractivity contribution in [3.05, 3.63) is 76.8 Å². The minimum absolute atomic E-state index is 0.107. The third-order valence-corrected chi connectivity index (χ3v) is 7.79. The van der Waals surface area contributed by atoms with E-state index in [1.807, 2.05) is 48.5 Å². The zero-order chi connectivity index (χ0) is 24.2. The number of amides is 2. The second-order valence-electron chi connectivity index (χ2n) is 7.71. The normalized spacial score (nSPS) is 12.5. The summed E-state index contributed by atoms with van der Waals surface area (Å²) in [5, 5.41) is 4.27. The highest BCUT2D eigenvalue weighted by Gasteiger charge is 2.30. The lowest BCUT2D eigenvalue weighted by Gasteiger charge is -2.30. The quantitative estimate of drug-likeness (QED) is 0.482. The predicted octanol–water partition coefficient (Wildman–Crippen LogP) is 3.39. The average Bonchev–Trinajstić information content (AvgIpc) is 2.82. The van der Waals surface area contributed by atoms with E-state index in [1.165, 1.54) is 25.1 Å². The molecule has 0 aliphatic heterocycles. The number of fused-ring (bicyclic) bond motifs is 1. The molecule has 0 radical (unpaired) electrons. The van der Waals surface area contributed by atoms with Gasteiger partial charge in [0.05, 0.1) is 11.4 Å². The smallest absolute Gasteiger partial charge is 0.243 e. The maximum atomic E-state index is 13.2. The van der Waals surface area contributed by atoms with Crippen molar-refractivity contribution in [3.63, 3.8) is 0 Å². The van der Waals surface area contributed by atoms with Gasteiger partial charge in [-0.2, -0.15) is 4.31 Å². The van der Waals surface area contributed by atoms with Crippen molar-refractivity contribution in [2.75, 3.05) is 20.6 Å². The molecule has 0 aliphatic carbocycles. The van der Waals surface area contributed by atoms with E-state index >= 15 is 0 Å². The first-order valence-corrected chi connectivity index (χ1v) is 12.6. The highest BCUT2D eigenvalue weighted by molar-refractivity contribution is 9.10. The van der Waals surface area contributed by atoms with E-state index in [-0.39, 0.29) is 17.3 Å². The topological polar surface area (TPSA) is 86.8 Å². The zero-order valence-electron chi connectivity index (χ0n) is 18.7. The van der Waals surface area contributed by atoms with Crippen LogP contribution in [0.4, 0.5) is 0 Å². The van der Waals surface area contributed by atoms with Crippen LogP contribution in [0.15, 0.2) is 76.1 Å². The molecule has 0 bridgehead atoms. The van der Waals surface area contributed by atoms with E-state index < -0.39 is 28.5 Å². The first-order chi connectivity index (χ1) is 15.6. The summed E-state index contributed by atoms with van der Waals surface area (Å²) in [5.41, 5.74) is 0.822. The van der Waals surface area contributed by atoms with Gasteiger partial charge in [-0.25, -0.2) is 8.42 Å². The summed E-state index contributed by atoms with van der Waals surface area (Å²) < 4.78 is 28.2. The van der Waals surface area contributed by atoms with Crippen molar-refractivity contribution in [2.24, 2.45) is 0 Å². The first-order valence-electron chi connectivity index (χ1n) is 10.3. The molecule has 0 saturated carbocycles. The lowest BCUT2D eigenvalue weighted by atomic mass is 10.1. The van der Waals surface area contributed by atoms with E-state index in [0.717, 1.165) is 25.1 Å². The van der Waals surface area contributed by atoms with E-state index in [4.69, 9.17) is 0 Å². The molecule has 174 valence electrons. The molecule has 0 saturated heterocycles. The fourth-order valence-corrected chi connectivity index (χ4v) is 4.87. The van der Waals surface area contributed by atoms with Gasteiger partial charge >= 0.3 is 0 Å². The van der Waals surface area contributed by atoms with Gasteiger partial charge in [0.15, 0.2) is 0 Å². The van der Waals surface area contributed by atoms with Crippen molar-refractivity contribution in [2.45, 2.75) is 24.4 Å². The molecule has 3 aromatic carbocycles. The number of halogens is 1. The largest absolute Gasteiger partial charge is 0.357 e. The van der Waals surface area contributed by atoms with Crippen LogP contribution in [-0.2, 0) is 26.2 Å². The summed E-state index contributed by atoms with van der Waals surface area (Å²) in [7, 11) is -1.05. The molecule has 33 heavy (non-hydrogen) atoms. The van der Waals surface area contributed by atoms with Gasteiger partial charge in [0, 0.05) is 25.1 Å². The molecule has 3 aromatic rings. The molecule has 7 nitrogen and oxygen atoms in total. The van der Waals surface area contributed by atoms with Crippen LogP contribution in [0.3, 0.4) is 0 Å². The highest BCUT2D eigenvalue weighted by Crippen LogP contribution is 2.22. The van der Waals surface area contributed by atoms with Crippen molar-refractivity contribution in [3.8, 4) is 0 Å². The van der Waals surface area contributed by atoms with Gasteiger partial charge < -0.3 is 10.2 Å². The average molecular weight is 532 g/mol. The minimum Gasteiger partial charge on any atom is -0.357 e. The SMILES string of the molecule is CNC(=O)[C@@H](C)N(Cc1ccc(Br)cc1)C(=O)CN(C)S(=O)(=O)c1ccc2ccccc2c1. The fourth-order valence-electron chi connectivity index (χ4n) is 3.45. The van der Waals surface area contributed by atoms with Gasteiger partial charge in [-0.05, 0) is 47.5 Å². The maximum absolute atomic E-state index is 13.2. The lowest BCUT2D eigenvalue weighted by Crippen LogP contribution is -2.50. The fraction of sp³-hybridized carbons (Fsp3) is 0.250. The Morgan fingerprint density at radius 2 is 1.64 bits per heavy atom. The second-order valence-corrected chi connectivity index (χ2v) is 10.7. The Kier molecular flexibility index (Phi) is 7.88. The molecule has 0 heterocycles. The third-order valence-electron chi connectivity index (χ3n) is 5.47. The number of nitrogens with zero attached hydrogens (tertiary/aromatic N) is 2. The van der Waals surface area contributed by atoms with Crippen LogP contribution in [0.2, 0.25) is 0 Å². The molecule has 2 amide bonds. The summed E-state index contributed by atoms with van der Waals surface area (Å²) in [6.45, 7) is 1.39. The number of nitrogens with one attached hydrogen (secondary N) is 1. The molecule has 0 spiro atoms. The van der Waals surface area contributed by atoms with Crippen LogP contribution in [0.25, 0.3) is 10.8 Å². The van der Waals surface area contributed by atoms with Gasteiger partial charge in [-0.3, -0.25) is 9.59 Å². The van der Waals surface area contributed by atoms with Crippen molar-refractivity contribution in [1.82, 2.24) is 14.5 Å². The number of benzene rings is 3. The van der Waals surface area contributed by atoms with Crippen LogP contribution in [0.5, 0.6) is 0 Å². The molecule has 0 unspecified atom stereocenters. The molecule has 9 heteroatoms. The Morgan fingerprint density at radius 3 is 2.27 bits per heavy atom. The molecule has 3 rings (SSSR count). The Labute approximate surface area is 202 Å². The Hall–Kier alpha value is -2.75. The molecular formula is C24H26BrN3O4S. The van der Waals surface area contributed by atoms with Crippen molar-refractivity contribution >= 4 is 48.5 Å².